The lowest BCUT2D eigenvalue weighted by Gasteiger charge is -2.35. The largest absolute Gasteiger partial charge is 0.339 e. The molecular weight excluding hydrogens is 392 g/mol. The van der Waals surface area contributed by atoms with Crippen LogP contribution in [0.15, 0.2) is 59.5 Å². The molecule has 1 atom stereocenters. The van der Waals surface area contributed by atoms with E-state index in [-0.39, 0.29) is 11.2 Å². The van der Waals surface area contributed by atoms with Crippen molar-refractivity contribution in [2.45, 2.75) is 29.7 Å². The van der Waals surface area contributed by atoms with Gasteiger partial charge in [-0.1, -0.05) is 48.0 Å². The van der Waals surface area contributed by atoms with Crippen molar-refractivity contribution in [2.75, 3.05) is 26.2 Å². The number of aryl methyl sites for hydroxylation is 1. The van der Waals surface area contributed by atoms with Gasteiger partial charge in [-0.2, -0.15) is 4.31 Å². The zero-order valence-electron chi connectivity index (χ0n) is 16.2. The molecule has 3 rings (SSSR count). The van der Waals surface area contributed by atoms with E-state index < -0.39 is 10.0 Å². The van der Waals surface area contributed by atoms with E-state index in [9.17, 15) is 13.2 Å². The molecule has 0 N–H and O–H groups in total. The standard InChI is InChI=1S/C21H26N2O3S2/c1-17-8-10-19(11-9-17)16-27-18(2)21(24)22-12-14-23(15-13-22)28(25,26)20-6-4-3-5-7-20/h3-11,18H,12-16H2,1-2H3. The summed E-state index contributed by atoms with van der Waals surface area (Å²) >= 11 is 1.62. The number of carbonyl (C=O) groups is 1. The molecule has 1 saturated heterocycles. The number of hydrogen-bond acceptors (Lipinski definition) is 4. The summed E-state index contributed by atoms with van der Waals surface area (Å²) in [7, 11) is -3.49. The molecule has 1 aliphatic heterocycles. The van der Waals surface area contributed by atoms with Gasteiger partial charge in [0.05, 0.1) is 10.1 Å². The van der Waals surface area contributed by atoms with Gasteiger partial charge in [0.15, 0.2) is 0 Å². The molecule has 150 valence electrons. The lowest BCUT2D eigenvalue weighted by Crippen LogP contribution is -2.52. The monoisotopic (exact) mass is 418 g/mol. The van der Waals surface area contributed by atoms with Crippen molar-refractivity contribution in [3.05, 3.63) is 65.7 Å². The van der Waals surface area contributed by atoms with Gasteiger partial charge in [-0.25, -0.2) is 8.42 Å². The van der Waals surface area contributed by atoms with E-state index in [1.54, 1.807) is 47.0 Å². The van der Waals surface area contributed by atoms with Gasteiger partial charge in [-0.05, 0) is 31.5 Å². The number of thioether (sulfide) groups is 1. The lowest BCUT2D eigenvalue weighted by molar-refractivity contribution is -0.131. The van der Waals surface area contributed by atoms with Gasteiger partial charge in [0, 0.05) is 31.9 Å². The number of rotatable bonds is 6. The molecule has 5 nitrogen and oxygen atoms in total. The highest BCUT2D eigenvalue weighted by Gasteiger charge is 2.31. The Morgan fingerprint density at radius 2 is 1.61 bits per heavy atom. The topological polar surface area (TPSA) is 57.7 Å². The maximum Gasteiger partial charge on any atom is 0.243 e. The summed E-state index contributed by atoms with van der Waals surface area (Å²) in [5.74, 6) is 0.865. The van der Waals surface area contributed by atoms with Gasteiger partial charge in [0.1, 0.15) is 0 Å². The molecule has 0 aliphatic carbocycles. The first-order valence-electron chi connectivity index (χ1n) is 9.39. The summed E-state index contributed by atoms with van der Waals surface area (Å²) in [6.07, 6.45) is 0. The molecule has 0 spiro atoms. The predicted molar refractivity (Wildman–Crippen MR) is 114 cm³/mol. The molecule has 1 aliphatic rings. The summed E-state index contributed by atoms with van der Waals surface area (Å²) in [6.45, 7) is 5.51. The van der Waals surface area contributed by atoms with Crippen LogP contribution in [-0.2, 0) is 20.6 Å². The molecular formula is C21H26N2O3S2. The Hall–Kier alpha value is -1.83. The average molecular weight is 419 g/mol. The van der Waals surface area contributed by atoms with Crippen LogP contribution in [0.1, 0.15) is 18.1 Å². The molecule has 0 bridgehead atoms. The zero-order chi connectivity index (χ0) is 20.1. The molecule has 2 aromatic rings. The van der Waals surface area contributed by atoms with Crippen LogP contribution in [0, 0.1) is 6.92 Å². The smallest absolute Gasteiger partial charge is 0.243 e. The van der Waals surface area contributed by atoms with Crippen molar-refractivity contribution >= 4 is 27.7 Å². The van der Waals surface area contributed by atoms with Gasteiger partial charge in [-0.15, -0.1) is 11.8 Å². The maximum atomic E-state index is 12.7. The van der Waals surface area contributed by atoms with Crippen molar-refractivity contribution in [2.24, 2.45) is 0 Å². The SMILES string of the molecule is Cc1ccc(CSC(C)C(=O)N2CCN(S(=O)(=O)c3ccccc3)CC2)cc1. The maximum absolute atomic E-state index is 12.7. The highest BCUT2D eigenvalue weighted by atomic mass is 32.2. The molecule has 1 unspecified atom stereocenters. The number of benzene rings is 2. The third-order valence-electron chi connectivity index (χ3n) is 4.90. The molecule has 28 heavy (non-hydrogen) atoms. The van der Waals surface area contributed by atoms with Crippen molar-refractivity contribution in [1.82, 2.24) is 9.21 Å². The van der Waals surface area contributed by atoms with Crippen LogP contribution in [0.4, 0.5) is 0 Å². The molecule has 0 saturated carbocycles. The first-order chi connectivity index (χ1) is 13.4. The predicted octanol–water partition coefficient (Wildman–Crippen LogP) is 3.15. The number of sulfonamides is 1. The first-order valence-corrected chi connectivity index (χ1v) is 11.9. The summed E-state index contributed by atoms with van der Waals surface area (Å²) in [5, 5.41) is -0.154. The first kappa shape index (κ1) is 20.9. The Labute approximate surface area is 171 Å². The molecule has 1 fully saturated rings. The number of piperazine rings is 1. The van der Waals surface area contributed by atoms with E-state index in [0.717, 1.165) is 5.75 Å². The minimum atomic E-state index is -3.49. The lowest BCUT2D eigenvalue weighted by atomic mass is 10.2. The highest BCUT2D eigenvalue weighted by molar-refractivity contribution is 7.99. The Morgan fingerprint density at radius 1 is 1.00 bits per heavy atom. The van der Waals surface area contributed by atoms with Crippen LogP contribution in [-0.4, -0.2) is 55.0 Å². The van der Waals surface area contributed by atoms with Gasteiger partial charge in [-0.3, -0.25) is 4.79 Å². The Balaban J connectivity index is 1.52. The van der Waals surface area contributed by atoms with Crippen molar-refractivity contribution < 1.29 is 13.2 Å². The minimum absolute atomic E-state index is 0.0777. The number of nitrogens with zero attached hydrogens (tertiary/aromatic N) is 2. The van der Waals surface area contributed by atoms with Gasteiger partial charge in [0.2, 0.25) is 15.9 Å². The molecule has 0 radical (unpaired) electrons. The van der Waals surface area contributed by atoms with Crippen molar-refractivity contribution in [3.8, 4) is 0 Å². The summed E-state index contributed by atoms with van der Waals surface area (Å²) in [5.41, 5.74) is 2.43. The molecule has 1 heterocycles. The van der Waals surface area contributed by atoms with Gasteiger partial charge in [0.25, 0.3) is 0 Å². The summed E-state index contributed by atoms with van der Waals surface area (Å²) in [6, 6.07) is 16.8. The second-order valence-corrected chi connectivity index (χ2v) is 10.2. The molecule has 7 heteroatoms. The fourth-order valence-corrected chi connectivity index (χ4v) is 5.49. The van der Waals surface area contributed by atoms with E-state index in [4.69, 9.17) is 0 Å². The van der Waals surface area contributed by atoms with E-state index in [1.807, 2.05) is 6.92 Å². The molecule has 0 aromatic heterocycles. The number of carbonyl (C=O) groups excluding carboxylic acids is 1. The van der Waals surface area contributed by atoms with E-state index >= 15 is 0 Å². The summed E-state index contributed by atoms with van der Waals surface area (Å²) < 4.78 is 26.9. The summed E-state index contributed by atoms with van der Waals surface area (Å²) in [4.78, 5) is 14.8. The fourth-order valence-electron chi connectivity index (χ4n) is 3.12. The Morgan fingerprint density at radius 3 is 2.21 bits per heavy atom. The van der Waals surface area contributed by atoms with Crippen LogP contribution < -0.4 is 0 Å². The van der Waals surface area contributed by atoms with Gasteiger partial charge < -0.3 is 4.90 Å². The fraction of sp³-hybridized carbons (Fsp3) is 0.381. The second-order valence-electron chi connectivity index (χ2n) is 6.98. The Kier molecular flexibility index (Phi) is 6.80. The average Bonchev–Trinajstić information content (AvgIpc) is 2.73. The third-order valence-corrected chi connectivity index (χ3v) is 8.01. The molecule has 1 amide bonds. The molecule has 2 aromatic carbocycles. The minimum Gasteiger partial charge on any atom is -0.339 e. The van der Waals surface area contributed by atoms with E-state index in [0.29, 0.717) is 31.1 Å². The van der Waals surface area contributed by atoms with Crippen LogP contribution in [0.5, 0.6) is 0 Å². The van der Waals surface area contributed by atoms with Crippen molar-refractivity contribution in [3.63, 3.8) is 0 Å². The number of hydrogen-bond donors (Lipinski definition) is 0. The van der Waals surface area contributed by atoms with Crippen molar-refractivity contribution in [1.29, 1.82) is 0 Å². The Bertz CT molecular complexity index is 891. The zero-order valence-corrected chi connectivity index (χ0v) is 17.9. The van der Waals surface area contributed by atoms with Crippen LogP contribution >= 0.6 is 11.8 Å². The normalized spacial score (nSPS) is 16.7. The second kappa shape index (κ2) is 9.11. The quantitative estimate of drug-likeness (QED) is 0.723. The van der Waals surface area contributed by atoms with Crippen LogP contribution in [0.25, 0.3) is 0 Å². The number of amides is 1. The van der Waals surface area contributed by atoms with Crippen LogP contribution in [0.2, 0.25) is 0 Å². The van der Waals surface area contributed by atoms with E-state index in [2.05, 4.69) is 31.2 Å². The van der Waals surface area contributed by atoms with Crippen LogP contribution in [0.3, 0.4) is 0 Å². The third kappa shape index (κ3) is 4.96. The van der Waals surface area contributed by atoms with E-state index in [1.165, 1.54) is 15.4 Å². The highest BCUT2D eigenvalue weighted by Crippen LogP contribution is 2.22. The van der Waals surface area contributed by atoms with Gasteiger partial charge >= 0.3 is 0 Å².